The van der Waals surface area contributed by atoms with Crippen LogP contribution in [0.3, 0.4) is 0 Å². The summed E-state index contributed by atoms with van der Waals surface area (Å²) in [7, 11) is 1.74. The van der Waals surface area contributed by atoms with E-state index in [1.54, 1.807) is 13.1 Å². The number of carbonyl (C=O) groups is 1. The second kappa shape index (κ2) is 5.00. The number of hydrogen-bond acceptors (Lipinski definition) is 3. The Morgan fingerprint density at radius 2 is 2.11 bits per heavy atom. The number of ketones is 1. The molecule has 18 heavy (non-hydrogen) atoms. The molecule has 0 amide bonds. The standard InChI is InChI=1S/C14H18ClNO2/c1-9-7-12(17)13(18)14(8-9,16-2)10-5-3-4-6-11(10)15/h3-6,9,12,16-17H,7-8H2,1-2H3/t9-,12-,14-/m0/s1. The number of likely N-dealkylation sites (N-methyl/N-ethyl adjacent to an activating group) is 1. The second-order valence-electron chi connectivity index (χ2n) is 5.06. The monoisotopic (exact) mass is 267 g/mol. The Bertz CT molecular complexity index is 463. The molecule has 0 aromatic heterocycles. The van der Waals surface area contributed by atoms with Crippen molar-refractivity contribution in [3.05, 3.63) is 34.9 Å². The first-order chi connectivity index (χ1) is 8.51. The molecule has 1 aromatic carbocycles. The van der Waals surface area contributed by atoms with Crippen LogP contribution >= 0.6 is 11.6 Å². The van der Waals surface area contributed by atoms with Crippen LogP contribution in [0.15, 0.2) is 24.3 Å². The zero-order chi connectivity index (χ0) is 13.3. The molecule has 4 heteroatoms. The van der Waals surface area contributed by atoms with Crippen molar-refractivity contribution < 1.29 is 9.90 Å². The fourth-order valence-corrected chi connectivity index (χ4v) is 3.19. The minimum absolute atomic E-state index is 0.184. The third-order valence-corrected chi connectivity index (χ3v) is 4.09. The molecule has 0 radical (unpaired) electrons. The highest BCUT2D eigenvalue weighted by Gasteiger charge is 2.47. The first-order valence-electron chi connectivity index (χ1n) is 6.17. The van der Waals surface area contributed by atoms with E-state index in [1.165, 1.54) is 0 Å². The molecule has 0 saturated heterocycles. The van der Waals surface area contributed by atoms with Crippen LogP contribution in [0.2, 0.25) is 5.02 Å². The van der Waals surface area contributed by atoms with Crippen LogP contribution < -0.4 is 5.32 Å². The van der Waals surface area contributed by atoms with Crippen LogP contribution in [0.1, 0.15) is 25.3 Å². The van der Waals surface area contributed by atoms with Crippen molar-refractivity contribution in [2.75, 3.05) is 7.05 Å². The van der Waals surface area contributed by atoms with E-state index in [4.69, 9.17) is 11.6 Å². The lowest BCUT2D eigenvalue weighted by atomic mass is 9.70. The Hall–Kier alpha value is -0.900. The molecule has 2 rings (SSSR count). The van der Waals surface area contributed by atoms with Gasteiger partial charge in [-0.05, 0) is 37.4 Å². The van der Waals surface area contributed by atoms with Crippen LogP contribution in [0, 0.1) is 5.92 Å². The van der Waals surface area contributed by atoms with Crippen LogP contribution in [0.5, 0.6) is 0 Å². The summed E-state index contributed by atoms with van der Waals surface area (Å²) in [5.74, 6) is 0.0811. The molecule has 0 bridgehead atoms. The van der Waals surface area contributed by atoms with Gasteiger partial charge in [-0.15, -0.1) is 0 Å². The predicted molar refractivity (Wildman–Crippen MR) is 71.6 cm³/mol. The van der Waals surface area contributed by atoms with Gasteiger partial charge in [-0.2, -0.15) is 0 Å². The summed E-state index contributed by atoms with van der Waals surface area (Å²) < 4.78 is 0. The Morgan fingerprint density at radius 3 is 2.72 bits per heavy atom. The van der Waals surface area contributed by atoms with E-state index < -0.39 is 11.6 Å². The largest absolute Gasteiger partial charge is 0.385 e. The average molecular weight is 268 g/mol. The summed E-state index contributed by atoms with van der Waals surface area (Å²) in [6.45, 7) is 2.04. The van der Waals surface area contributed by atoms with Crippen molar-refractivity contribution in [2.45, 2.75) is 31.4 Å². The van der Waals surface area contributed by atoms with Crippen molar-refractivity contribution in [3.63, 3.8) is 0 Å². The van der Waals surface area contributed by atoms with Crippen molar-refractivity contribution in [2.24, 2.45) is 5.92 Å². The lowest BCUT2D eigenvalue weighted by Crippen LogP contribution is -2.56. The Kier molecular flexibility index (Phi) is 3.76. The molecule has 1 aliphatic rings. The van der Waals surface area contributed by atoms with Crippen LogP contribution in [-0.2, 0) is 10.3 Å². The molecule has 0 heterocycles. The van der Waals surface area contributed by atoms with E-state index in [0.29, 0.717) is 17.9 Å². The molecule has 1 fully saturated rings. The summed E-state index contributed by atoms with van der Waals surface area (Å²) in [4.78, 5) is 12.4. The molecule has 3 atom stereocenters. The molecular weight excluding hydrogens is 250 g/mol. The molecule has 0 aliphatic heterocycles. The van der Waals surface area contributed by atoms with Gasteiger partial charge in [-0.25, -0.2) is 0 Å². The van der Waals surface area contributed by atoms with Gasteiger partial charge in [0.2, 0.25) is 0 Å². The number of hydrogen-bond donors (Lipinski definition) is 2. The predicted octanol–water partition coefficient (Wildman–Crippen LogP) is 2.11. The van der Waals surface area contributed by atoms with Gasteiger partial charge in [0.15, 0.2) is 5.78 Å². The topological polar surface area (TPSA) is 49.3 Å². The summed E-state index contributed by atoms with van der Waals surface area (Å²) in [5, 5.41) is 13.6. The summed E-state index contributed by atoms with van der Waals surface area (Å²) in [6, 6.07) is 7.32. The zero-order valence-corrected chi connectivity index (χ0v) is 11.4. The van der Waals surface area contributed by atoms with Gasteiger partial charge in [0.1, 0.15) is 11.6 Å². The van der Waals surface area contributed by atoms with Crippen molar-refractivity contribution in [1.82, 2.24) is 5.32 Å². The Morgan fingerprint density at radius 1 is 1.44 bits per heavy atom. The number of benzene rings is 1. The quantitative estimate of drug-likeness (QED) is 0.863. The Labute approximate surface area is 112 Å². The van der Waals surface area contributed by atoms with Gasteiger partial charge in [0, 0.05) is 5.02 Å². The molecule has 98 valence electrons. The van der Waals surface area contributed by atoms with E-state index in [-0.39, 0.29) is 11.7 Å². The lowest BCUT2D eigenvalue weighted by molar-refractivity contribution is -0.139. The molecule has 0 unspecified atom stereocenters. The molecule has 3 nitrogen and oxygen atoms in total. The summed E-state index contributed by atoms with van der Waals surface area (Å²) in [5.41, 5.74) is -0.111. The van der Waals surface area contributed by atoms with Crippen molar-refractivity contribution >= 4 is 17.4 Å². The SMILES string of the molecule is CN[C@]1(c2ccccc2Cl)C[C@@H](C)C[C@H](O)C1=O. The fraction of sp³-hybridized carbons (Fsp3) is 0.500. The van der Waals surface area contributed by atoms with E-state index >= 15 is 0 Å². The highest BCUT2D eigenvalue weighted by Crippen LogP contribution is 2.40. The molecule has 1 aromatic rings. The molecule has 2 N–H and O–H groups in total. The number of rotatable bonds is 2. The minimum Gasteiger partial charge on any atom is -0.385 e. The average Bonchev–Trinajstić information content (AvgIpc) is 2.34. The van der Waals surface area contributed by atoms with E-state index in [2.05, 4.69) is 5.32 Å². The minimum atomic E-state index is -0.919. The highest BCUT2D eigenvalue weighted by molar-refractivity contribution is 6.31. The third-order valence-electron chi connectivity index (χ3n) is 3.76. The number of carbonyl (C=O) groups excluding carboxylic acids is 1. The summed E-state index contributed by atoms with van der Waals surface area (Å²) in [6.07, 6.45) is 0.257. The lowest BCUT2D eigenvalue weighted by Gasteiger charge is -2.41. The van der Waals surface area contributed by atoms with Gasteiger partial charge in [0.25, 0.3) is 0 Å². The maximum absolute atomic E-state index is 12.4. The molecule has 0 spiro atoms. The summed E-state index contributed by atoms with van der Waals surface area (Å²) >= 11 is 6.21. The van der Waals surface area contributed by atoms with Crippen molar-refractivity contribution in [3.8, 4) is 0 Å². The van der Waals surface area contributed by atoms with Crippen molar-refractivity contribution in [1.29, 1.82) is 0 Å². The molecule has 1 saturated carbocycles. The molecular formula is C14H18ClNO2. The zero-order valence-electron chi connectivity index (χ0n) is 10.6. The van der Waals surface area contributed by atoms with Gasteiger partial charge in [-0.3, -0.25) is 4.79 Å². The van der Waals surface area contributed by atoms with Crippen LogP contribution in [0.25, 0.3) is 0 Å². The maximum atomic E-state index is 12.4. The Balaban J connectivity index is 2.53. The van der Waals surface area contributed by atoms with E-state index in [1.807, 2.05) is 25.1 Å². The number of aliphatic hydroxyl groups is 1. The normalized spacial score (nSPS) is 32.6. The second-order valence-corrected chi connectivity index (χ2v) is 5.47. The maximum Gasteiger partial charge on any atom is 0.185 e. The van der Waals surface area contributed by atoms with Crippen LogP contribution in [-0.4, -0.2) is 24.0 Å². The molecule has 1 aliphatic carbocycles. The smallest absolute Gasteiger partial charge is 0.185 e. The van der Waals surface area contributed by atoms with E-state index in [0.717, 1.165) is 5.56 Å². The number of halogens is 1. The van der Waals surface area contributed by atoms with Gasteiger partial charge in [0.05, 0.1) is 0 Å². The van der Waals surface area contributed by atoms with Gasteiger partial charge >= 0.3 is 0 Å². The number of Topliss-reactive ketones (excluding diaryl/α,β-unsaturated/α-hetero) is 1. The third kappa shape index (κ3) is 2.07. The first-order valence-corrected chi connectivity index (χ1v) is 6.55. The van der Waals surface area contributed by atoms with Crippen LogP contribution in [0.4, 0.5) is 0 Å². The first kappa shape index (κ1) is 13.5. The number of nitrogens with one attached hydrogen (secondary N) is 1. The van der Waals surface area contributed by atoms with E-state index in [9.17, 15) is 9.90 Å². The fourth-order valence-electron chi connectivity index (χ4n) is 2.89. The van der Waals surface area contributed by atoms with Gasteiger partial charge in [-0.1, -0.05) is 36.7 Å². The number of aliphatic hydroxyl groups excluding tert-OH is 1. The highest BCUT2D eigenvalue weighted by atomic mass is 35.5. The van der Waals surface area contributed by atoms with Gasteiger partial charge < -0.3 is 10.4 Å².